The number of anilines is 2. The second-order valence-electron chi connectivity index (χ2n) is 5.41. The van der Waals surface area contributed by atoms with Crippen molar-refractivity contribution in [2.45, 2.75) is 6.92 Å². The lowest BCUT2D eigenvalue weighted by Gasteiger charge is -2.07. The zero-order valence-electron chi connectivity index (χ0n) is 13.6. The minimum Gasteiger partial charge on any atom is -0.448 e. The Balaban J connectivity index is 1.79. The number of halogens is 1. The molecule has 0 radical (unpaired) electrons. The first-order valence-electron chi connectivity index (χ1n) is 7.57. The van der Waals surface area contributed by atoms with Gasteiger partial charge < -0.3 is 20.4 Å². The number of aryl methyl sites for hydroxylation is 1. The normalized spacial score (nSPS) is 10.5. The van der Waals surface area contributed by atoms with Gasteiger partial charge in [0.05, 0.1) is 0 Å². The van der Waals surface area contributed by atoms with Crippen molar-refractivity contribution in [2.75, 3.05) is 17.7 Å². The average Bonchev–Trinajstić information content (AvgIpc) is 2.95. The van der Waals surface area contributed by atoms with Crippen molar-refractivity contribution in [1.82, 2.24) is 5.32 Å². The maximum absolute atomic E-state index is 13.8. The van der Waals surface area contributed by atoms with E-state index in [2.05, 4.69) is 16.0 Å². The molecule has 6 nitrogen and oxygen atoms in total. The first-order valence-corrected chi connectivity index (χ1v) is 7.57. The summed E-state index contributed by atoms with van der Waals surface area (Å²) in [4.78, 5) is 23.7. The van der Waals surface area contributed by atoms with Crippen molar-refractivity contribution in [3.8, 4) is 0 Å². The summed E-state index contributed by atoms with van der Waals surface area (Å²) in [5.74, 6) is -0.919. The molecule has 0 spiro atoms. The van der Waals surface area contributed by atoms with Crippen molar-refractivity contribution in [1.29, 1.82) is 0 Å². The lowest BCUT2D eigenvalue weighted by atomic mass is 10.1. The fourth-order valence-electron chi connectivity index (χ4n) is 2.44. The zero-order valence-corrected chi connectivity index (χ0v) is 13.6. The van der Waals surface area contributed by atoms with Crippen LogP contribution in [-0.4, -0.2) is 19.0 Å². The molecule has 2 aromatic carbocycles. The molecule has 1 aromatic heterocycles. The third kappa shape index (κ3) is 3.30. The van der Waals surface area contributed by atoms with E-state index in [9.17, 15) is 14.0 Å². The Morgan fingerprint density at radius 3 is 2.24 bits per heavy atom. The van der Waals surface area contributed by atoms with Gasteiger partial charge in [-0.15, -0.1) is 0 Å². The maximum Gasteiger partial charge on any atom is 0.318 e. The molecule has 3 amide bonds. The standard InChI is InChI=1S/C18H16FN3O3/c1-10-13-4-3-5-14(19)16(13)25-15(10)17(23)21-11-6-8-12(9-7-11)22-18(24)20-2/h3-9H,1-2H3,(H,21,23)(H2,20,22,24). The van der Waals surface area contributed by atoms with E-state index in [0.717, 1.165) is 0 Å². The fraction of sp³-hybridized carbons (Fsp3) is 0.111. The van der Waals surface area contributed by atoms with Gasteiger partial charge in [0.15, 0.2) is 17.2 Å². The summed E-state index contributed by atoms with van der Waals surface area (Å²) in [6.45, 7) is 1.70. The number of carbonyl (C=O) groups is 2. The van der Waals surface area contributed by atoms with Gasteiger partial charge in [0, 0.05) is 29.4 Å². The monoisotopic (exact) mass is 341 g/mol. The van der Waals surface area contributed by atoms with Crippen molar-refractivity contribution >= 4 is 34.3 Å². The summed E-state index contributed by atoms with van der Waals surface area (Å²) in [5.41, 5.74) is 1.74. The Labute approximate surface area is 143 Å². The van der Waals surface area contributed by atoms with Crippen LogP contribution in [0.5, 0.6) is 0 Å². The number of nitrogens with one attached hydrogen (secondary N) is 3. The first kappa shape index (κ1) is 16.5. The Bertz CT molecular complexity index is 948. The van der Waals surface area contributed by atoms with E-state index in [1.165, 1.54) is 13.1 Å². The molecule has 0 aliphatic rings. The van der Waals surface area contributed by atoms with E-state index in [0.29, 0.717) is 22.3 Å². The molecule has 3 aromatic rings. The molecule has 0 saturated heterocycles. The zero-order chi connectivity index (χ0) is 18.0. The molecule has 3 rings (SSSR count). The molecule has 0 fully saturated rings. The number of urea groups is 1. The van der Waals surface area contributed by atoms with Gasteiger partial charge in [0.1, 0.15) is 0 Å². The van der Waals surface area contributed by atoms with Crippen LogP contribution >= 0.6 is 0 Å². The summed E-state index contributed by atoms with van der Waals surface area (Å²) in [6, 6.07) is 10.8. The molecule has 128 valence electrons. The van der Waals surface area contributed by atoms with Crippen LogP contribution in [0.2, 0.25) is 0 Å². The van der Waals surface area contributed by atoms with E-state index >= 15 is 0 Å². The van der Waals surface area contributed by atoms with E-state index in [-0.39, 0.29) is 17.4 Å². The molecule has 0 aliphatic carbocycles. The van der Waals surface area contributed by atoms with E-state index in [1.807, 2.05) is 0 Å². The van der Waals surface area contributed by atoms with E-state index in [1.54, 1.807) is 43.3 Å². The number of rotatable bonds is 3. The Morgan fingerprint density at radius 2 is 1.64 bits per heavy atom. The van der Waals surface area contributed by atoms with Gasteiger partial charge in [-0.2, -0.15) is 0 Å². The number of hydrogen-bond acceptors (Lipinski definition) is 3. The fourth-order valence-corrected chi connectivity index (χ4v) is 2.44. The van der Waals surface area contributed by atoms with Crippen LogP contribution in [0.3, 0.4) is 0 Å². The molecule has 25 heavy (non-hydrogen) atoms. The predicted molar refractivity (Wildman–Crippen MR) is 93.4 cm³/mol. The molecular weight excluding hydrogens is 325 g/mol. The topological polar surface area (TPSA) is 83.4 Å². The second kappa shape index (κ2) is 6.64. The second-order valence-corrected chi connectivity index (χ2v) is 5.41. The number of furan rings is 1. The molecule has 0 unspecified atom stereocenters. The summed E-state index contributed by atoms with van der Waals surface area (Å²) >= 11 is 0. The minimum absolute atomic E-state index is 0.0627. The van der Waals surface area contributed by atoms with Crippen LogP contribution in [0.1, 0.15) is 16.1 Å². The Kier molecular flexibility index (Phi) is 4.38. The van der Waals surface area contributed by atoms with Gasteiger partial charge in [-0.3, -0.25) is 4.79 Å². The van der Waals surface area contributed by atoms with Crippen molar-refractivity contribution in [3.05, 3.63) is 59.6 Å². The van der Waals surface area contributed by atoms with Gasteiger partial charge >= 0.3 is 6.03 Å². The highest BCUT2D eigenvalue weighted by Gasteiger charge is 2.19. The minimum atomic E-state index is -0.510. The lowest BCUT2D eigenvalue weighted by Crippen LogP contribution is -2.24. The lowest BCUT2D eigenvalue weighted by molar-refractivity contribution is 0.0997. The molecule has 1 heterocycles. The Hall–Kier alpha value is -3.35. The van der Waals surface area contributed by atoms with Crippen molar-refractivity contribution in [3.63, 3.8) is 0 Å². The number of carbonyl (C=O) groups excluding carboxylic acids is 2. The predicted octanol–water partition coefficient (Wildman–Crippen LogP) is 3.88. The molecule has 7 heteroatoms. The van der Waals surface area contributed by atoms with Crippen molar-refractivity contribution in [2.24, 2.45) is 0 Å². The average molecular weight is 341 g/mol. The first-order chi connectivity index (χ1) is 12.0. The van der Waals surface area contributed by atoms with Crippen LogP contribution in [0, 0.1) is 12.7 Å². The van der Waals surface area contributed by atoms with Gasteiger partial charge in [-0.1, -0.05) is 12.1 Å². The number of fused-ring (bicyclic) bond motifs is 1. The number of hydrogen-bond donors (Lipinski definition) is 3. The molecule has 0 atom stereocenters. The van der Waals surface area contributed by atoms with Gasteiger partial charge in [0.2, 0.25) is 0 Å². The Morgan fingerprint density at radius 1 is 1.00 bits per heavy atom. The van der Waals surface area contributed by atoms with Crippen LogP contribution in [0.4, 0.5) is 20.6 Å². The molecule has 0 bridgehead atoms. The van der Waals surface area contributed by atoms with Gasteiger partial charge in [-0.25, -0.2) is 9.18 Å². The number of para-hydroxylation sites is 1. The van der Waals surface area contributed by atoms with E-state index < -0.39 is 11.7 Å². The highest BCUT2D eigenvalue weighted by Crippen LogP contribution is 2.28. The van der Waals surface area contributed by atoms with Gasteiger partial charge in [-0.05, 0) is 37.3 Å². The third-order valence-corrected chi connectivity index (χ3v) is 3.75. The quantitative estimate of drug-likeness (QED) is 0.676. The van der Waals surface area contributed by atoms with E-state index in [4.69, 9.17) is 4.42 Å². The summed E-state index contributed by atoms with van der Waals surface area (Å²) < 4.78 is 19.2. The maximum atomic E-state index is 13.8. The third-order valence-electron chi connectivity index (χ3n) is 3.75. The molecule has 3 N–H and O–H groups in total. The largest absolute Gasteiger partial charge is 0.448 e. The summed E-state index contributed by atoms with van der Waals surface area (Å²) in [6.07, 6.45) is 0. The molecule has 0 aliphatic heterocycles. The van der Waals surface area contributed by atoms with Crippen LogP contribution in [0.25, 0.3) is 11.0 Å². The van der Waals surface area contributed by atoms with Gasteiger partial charge in [0.25, 0.3) is 5.91 Å². The number of benzene rings is 2. The van der Waals surface area contributed by atoms with Crippen LogP contribution < -0.4 is 16.0 Å². The van der Waals surface area contributed by atoms with Crippen molar-refractivity contribution < 1.29 is 18.4 Å². The number of amides is 3. The van der Waals surface area contributed by atoms with Crippen LogP contribution in [0.15, 0.2) is 46.9 Å². The highest BCUT2D eigenvalue weighted by atomic mass is 19.1. The highest BCUT2D eigenvalue weighted by molar-refractivity contribution is 6.06. The van der Waals surface area contributed by atoms with Crippen LogP contribution in [-0.2, 0) is 0 Å². The SMILES string of the molecule is CNC(=O)Nc1ccc(NC(=O)c2oc3c(F)cccc3c2C)cc1. The summed E-state index contributed by atoms with van der Waals surface area (Å²) in [7, 11) is 1.52. The molecule has 0 saturated carbocycles. The molecular formula is C18H16FN3O3. The smallest absolute Gasteiger partial charge is 0.318 e. The summed E-state index contributed by atoms with van der Waals surface area (Å²) in [5, 5.41) is 8.31.